The molecule has 4 rings (SSSR count). The first-order chi connectivity index (χ1) is 13.2. The summed E-state index contributed by atoms with van der Waals surface area (Å²) in [5.74, 6) is 2.00. The molecule has 0 fully saturated rings. The molecule has 0 saturated carbocycles. The van der Waals surface area contributed by atoms with Gasteiger partial charge in [0.25, 0.3) is 0 Å². The lowest BCUT2D eigenvalue weighted by molar-refractivity contribution is -0.115. The van der Waals surface area contributed by atoms with E-state index < -0.39 is 0 Å². The minimum Gasteiger partial charge on any atom is -0.508 e. The van der Waals surface area contributed by atoms with E-state index in [4.69, 9.17) is 0 Å². The van der Waals surface area contributed by atoms with Crippen LogP contribution in [0.1, 0.15) is 30.7 Å². The molecular formula is C21H22N4O2. The topological polar surface area (TPSA) is 80.0 Å². The first-order valence-electron chi connectivity index (χ1n) is 9.29. The van der Waals surface area contributed by atoms with Crippen molar-refractivity contribution in [1.29, 1.82) is 0 Å². The Morgan fingerprint density at radius 1 is 1.07 bits per heavy atom. The van der Waals surface area contributed by atoms with Crippen LogP contribution in [-0.2, 0) is 24.2 Å². The van der Waals surface area contributed by atoms with Crippen molar-refractivity contribution in [3.63, 3.8) is 0 Å². The molecule has 0 atom stereocenters. The number of phenolic OH excluding ortho intramolecular Hbond substituents is 1. The van der Waals surface area contributed by atoms with Crippen LogP contribution in [0.3, 0.4) is 0 Å². The van der Waals surface area contributed by atoms with Gasteiger partial charge < -0.3 is 15.0 Å². The van der Waals surface area contributed by atoms with E-state index in [-0.39, 0.29) is 18.1 Å². The van der Waals surface area contributed by atoms with Crippen LogP contribution in [0, 0.1) is 0 Å². The summed E-state index contributed by atoms with van der Waals surface area (Å²) in [6, 6.07) is 14.4. The van der Waals surface area contributed by atoms with Crippen molar-refractivity contribution >= 4 is 11.6 Å². The number of anilines is 1. The van der Waals surface area contributed by atoms with Crippen LogP contribution >= 0.6 is 0 Å². The molecule has 1 amide bonds. The van der Waals surface area contributed by atoms with E-state index in [0.717, 1.165) is 54.3 Å². The van der Waals surface area contributed by atoms with Gasteiger partial charge in [0.15, 0.2) is 5.82 Å². The zero-order valence-electron chi connectivity index (χ0n) is 15.1. The number of hydrogen-bond acceptors (Lipinski definition) is 4. The third-order valence-electron chi connectivity index (χ3n) is 4.82. The van der Waals surface area contributed by atoms with Gasteiger partial charge in [-0.1, -0.05) is 30.7 Å². The van der Waals surface area contributed by atoms with E-state index in [0.29, 0.717) is 0 Å². The molecule has 0 bridgehead atoms. The van der Waals surface area contributed by atoms with E-state index in [1.54, 1.807) is 24.3 Å². The fourth-order valence-corrected chi connectivity index (χ4v) is 3.44. The van der Waals surface area contributed by atoms with Crippen molar-refractivity contribution in [3.8, 4) is 17.1 Å². The molecule has 0 radical (unpaired) electrons. The van der Waals surface area contributed by atoms with Gasteiger partial charge in [0.1, 0.15) is 11.6 Å². The average molecular weight is 362 g/mol. The number of aromatic nitrogens is 3. The van der Waals surface area contributed by atoms with Gasteiger partial charge in [0.2, 0.25) is 5.91 Å². The van der Waals surface area contributed by atoms with Crippen molar-refractivity contribution in [3.05, 3.63) is 59.9 Å². The Morgan fingerprint density at radius 2 is 1.93 bits per heavy atom. The first kappa shape index (κ1) is 17.3. The smallest absolute Gasteiger partial charge is 0.228 e. The van der Waals surface area contributed by atoms with Crippen LogP contribution in [0.25, 0.3) is 11.4 Å². The van der Waals surface area contributed by atoms with Gasteiger partial charge in [0, 0.05) is 24.2 Å². The fraction of sp³-hybridized carbons (Fsp3) is 0.286. The minimum atomic E-state index is -0.0992. The van der Waals surface area contributed by atoms with Gasteiger partial charge in [-0.15, -0.1) is 10.2 Å². The van der Waals surface area contributed by atoms with E-state index in [1.807, 2.05) is 24.3 Å². The average Bonchev–Trinajstić information content (AvgIpc) is 2.92. The number of nitrogens with one attached hydrogen (secondary N) is 1. The summed E-state index contributed by atoms with van der Waals surface area (Å²) in [4.78, 5) is 12.3. The second-order valence-corrected chi connectivity index (χ2v) is 6.87. The molecule has 0 saturated heterocycles. The van der Waals surface area contributed by atoms with Crippen LogP contribution in [0.15, 0.2) is 48.5 Å². The van der Waals surface area contributed by atoms with E-state index in [9.17, 15) is 9.90 Å². The molecule has 0 unspecified atom stereocenters. The van der Waals surface area contributed by atoms with Gasteiger partial charge in [-0.05, 0) is 42.7 Å². The maximum absolute atomic E-state index is 12.3. The maximum Gasteiger partial charge on any atom is 0.228 e. The number of hydrogen-bond donors (Lipinski definition) is 2. The lowest BCUT2D eigenvalue weighted by atomic mass is 10.1. The van der Waals surface area contributed by atoms with Gasteiger partial charge in [-0.2, -0.15) is 0 Å². The second kappa shape index (κ2) is 7.61. The van der Waals surface area contributed by atoms with Crippen molar-refractivity contribution in [2.45, 2.75) is 38.6 Å². The predicted octanol–water partition coefficient (Wildman–Crippen LogP) is 3.56. The lowest BCUT2D eigenvalue weighted by Crippen LogP contribution is -2.14. The normalized spacial score (nSPS) is 13.6. The molecule has 0 spiro atoms. The molecule has 1 aliphatic heterocycles. The van der Waals surface area contributed by atoms with Crippen LogP contribution in [0.4, 0.5) is 5.69 Å². The Labute approximate surface area is 157 Å². The molecule has 0 aliphatic carbocycles. The molecule has 2 aromatic carbocycles. The van der Waals surface area contributed by atoms with Crippen LogP contribution in [0.2, 0.25) is 0 Å². The quantitative estimate of drug-likeness (QED) is 0.744. The van der Waals surface area contributed by atoms with E-state index in [1.165, 1.54) is 6.42 Å². The number of amides is 1. The third-order valence-corrected chi connectivity index (χ3v) is 4.82. The lowest BCUT2D eigenvalue weighted by Gasteiger charge is -2.09. The highest BCUT2D eigenvalue weighted by atomic mass is 16.3. The monoisotopic (exact) mass is 362 g/mol. The first-order valence-corrected chi connectivity index (χ1v) is 9.29. The van der Waals surface area contributed by atoms with Crippen LogP contribution < -0.4 is 5.32 Å². The molecule has 1 aromatic heterocycles. The van der Waals surface area contributed by atoms with Crippen molar-refractivity contribution in [2.75, 3.05) is 5.32 Å². The Morgan fingerprint density at radius 3 is 2.78 bits per heavy atom. The van der Waals surface area contributed by atoms with Crippen molar-refractivity contribution < 1.29 is 9.90 Å². The Bertz CT molecular complexity index is 947. The fourth-order valence-electron chi connectivity index (χ4n) is 3.44. The molecule has 27 heavy (non-hydrogen) atoms. The van der Waals surface area contributed by atoms with Crippen LogP contribution in [0.5, 0.6) is 5.75 Å². The largest absolute Gasteiger partial charge is 0.508 e. The highest BCUT2D eigenvalue weighted by molar-refractivity contribution is 5.92. The van der Waals surface area contributed by atoms with E-state index in [2.05, 4.69) is 20.1 Å². The van der Waals surface area contributed by atoms with Crippen molar-refractivity contribution in [2.24, 2.45) is 0 Å². The Hall–Kier alpha value is -3.15. The number of aryl methyl sites for hydroxylation is 1. The van der Waals surface area contributed by atoms with Crippen LogP contribution in [-0.4, -0.2) is 25.8 Å². The summed E-state index contributed by atoms with van der Waals surface area (Å²) < 4.78 is 2.20. The van der Waals surface area contributed by atoms with Crippen molar-refractivity contribution in [1.82, 2.24) is 14.8 Å². The summed E-state index contributed by atoms with van der Waals surface area (Å²) >= 11 is 0. The zero-order valence-corrected chi connectivity index (χ0v) is 15.1. The molecule has 3 aromatic rings. The molecule has 2 heterocycles. The molecule has 138 valence electrons. The molecule has 6 heteroatoms. The molecule has 1 aliphatic rings. The number of aromatic hydroxyl groups is 1. The number of nitrogens with zero attached hydrogens (tertiary/aromatic N) is 3. The number of fused-ring (bicyclic) bond motifs is 1. The summed E-state index contributed by atoms with van der Waals surface area (Å²) in [7, 11) is 0. The Balaban J connectivity index is 1.50. The molecular weight excluding hydrogens is 340 g/mol. The number of phenols is 1. The van der Waals surface area contributed by atoms with Gasteiger partial charge in [-0.3, -0.25) is 4.79 Å². The maximum atomic E-state index is 12.3. The minimum absolute atomic E-state index is 0.0992. The Kier molecular flexibility index (Phi) is 4.87. The standard InChI is InChI=1S/C21H22N4O2/c26-18-10-8-15(9-11-18)13-20(27)22-17-6-4-5-16(14-17)21-24-23-19-7-2-1-3-12-25(19)21/h4-6,8-11,14,26H,1-3,7,12-13H2,(H,22,27). The summed E-state index contributed by atoms with van der Waals surface area (Å²) in [6.07, 6.45) is 4.74. The highest BCUT2D eigenvalue weighted by Gasteiger charge is 2.16. The third kappa shape index (κ3) is 4.00. The number of rotatable bonds is 4. The predicted molar refractivity (Wildman–Crippen MR) is 103 cm³/mol. The van der Waals surface area contributed by atoms with E-state index >= 15 is 0 Å². The SMILES string of the molecule is O=C(Cc1ccc(O)cc1)Nc1cccc(-c2nnc3n2CCCCC3)c1. The number of carbonyl (C=O) groups excluding carboxylic acids is 1. The summed E-state index contributed by atoms with van der Waals surface area (Å²) in [5, 5.41) is 21.0. The zero-order chi connectivity index (χ0) is 18.6. The highest BCUT2D eigenvalue weighted by Crippen LogP contribution is 2.25. The molecule has 6 nitrogen and oxygen atoms in total. The summed E-state index contributed by atoms with van der Waals surface area (Å²) in [6.45, 7) is 0.940. The number of carbonyl (C=O) groups is 1. The molecule has 2 N–H and O–H groups in total. The van der Waals surface area contributed by atoms with Gasteiger partial charge in [-0.25, -0.2) is 0 Å². The van der Waals surface area contributed by atoms with Gasteiger partial charge in [0.05, 0.1) is 6.42 Å². The summed E-state index contributed by atoms with van der Waals surface area (Å²) in [5.41, 5.74) is 2.55. The van der Waals surface area contributed by atoms with Gasteiger partial charge >= 0.3 is 0 Å². The number of benzene rings is 2. The second-order valence-electron chi connectivity index (χ2n) is 6.87.